The molecule has 2 atom stereocenters. The summed E-state index contributed by atoms with van der Waals surface area (Å²) in [5.74, 6) is -0.136. The molecular weight excluding hydrogens is 254 g/mol. The number of benzene rings is 1. The lowest BCUT2D eigenvalue weighted by molar-refractivity contribution is 0.0717. The third kappa shape index (κ3) is 2.41. The van der Waals surface area contributed by atoms with E-state index in [1.807, 2.05) is 17.7 Å². The first-order chi connectivity index (χ1) is 9.65. The molecule has 106 valence electrons. The number of nitrogens with one attached hydrogen (secondary N) is 1. The number of aliphatic hydroxyl groups excluding tert-OH is 1. The second kappa shape index (κ2) is 5.25. The van der Waals surface area contributed by atoms with Crippen LogP contribution >= 0.6 is 0 Å². The molecule has 0 saturated heterocycles. The molecule has 1 aromatic heterocycles. The number of hydrogen-bond acceptors (Lipinski definition) is 3. The van der Waals surface area contributed by atoms with Gasteiger partial charge in [-0.05, 0) is 31.0 Å². The Bertz CT molecular complexity index is 635. The summed E-state index contributed by atoms with van der Waals surface area (Å²) in [4.78, 5) is 16.5. The van der Waals surface area contributed by atoms with E-state index in [1.54, 1.807) is 18.5 Å². The van der Waals surface area contributed by atoms with Crippen molar-refractivity contribution in [2.75, 3.05) is 0 Å². The maximum atomic E-state index is 12.3. The van der Waals surface area contributed by atoms with Crippen molar-refractivity contribution in [3.05, 3.63) is 30.1 Å². The summed E-state index contributed by atoms with van der Waals surface area (Å²) < 4.78 is 1.92. The SMILES string of the molecule is Cn1cnc2cc(C(=O)NC3CCCCC3O)ccc21. The first-order valence-electron chi connectivity index (χ1n) is 7.05. The Kier molecular flexibility index (Phi) is 3.44. The van der Waals surface area contributed by atoms with Gasteiger partial charge in [0.2, 0.25) is 0 Å². The first-order valence-corrected chi connectivity index (χ1v) is 7.05. The van der Waals surface area contributed by atoms with Crippen LogP contribution in [0.2, 0.25) is 0 Å². The van der Waals surface area contributed by atoms with Crippen LogP contribution < -0.4 is 5.32 Å². The zero-order chi connectivity index (χ0) is 14.1. The van der Waals surface area contributed by atoms with Crippen molar-refractivity contribution in [3.63, 3.8) is 0 Å². The Morgan fingerprint density at radius 1 is 1.40 bits per heavy atom. The Labute approximate surface area is 117 Å². The molecule has 0 spiro atoms. The van der Waals surface area contributed by atoms with Crippen LogP contribution in [-0.2, 0) is 7.05 Å². The number of rotatable bonds is 2. The lowest BCUT2D eigenvalue weighted by atomic mass is 9.92. The number of aromatic nitrogens is 2. The monoisotopic (exact) mass is 273 g/mol. The van der Waals surface area contributed by atoms with Crippen molar-refractivity contribution in [1.29, 1.82) is 0 Å². The first kappa shape index (κ1) is 13.1. The lowest BCUT2D eigenvalue weighted by Gasteiger charge is -2.28. The van der Waals surface area contributed by atoms with Crippen LogP contribution in [0.25, 0.3) is 11.0 Å². The maximum absolute atomic E-state index is 12.3. The van der Waals surface area contributed by atoms with Crippen molar-refractivity contribution < 1.29 is 9.90 Å². The van der Waals surface area contributed by atoms with Crippen LogP contribution in [-0.4, -0.2) is 32.7 Å². The highest BCUT2D eigenvalue weighted by Gasteiger charge is 2.24. The van der Waals surface area contributed by atoms with E-state index < -0.39 is 6.10 Å². The van der Waals surface area contributed by atoms with Gasteiger partial charge in [-0.3, -0.25) is 4.79 Å². The number of aryl methyl sites for hydroxylation is 1. The Morgan fingerprint density at radius 2 is 2.20 bits per heavy atom. The largest absolute Gasteiger partial charge is 0.391 e. The molecule has 1 aliphatic carbocycles. The number of fused-ring (bicyclic) bond motifs is 1. The van der Waals surface area contributed by atoms with Crippen LogP contribution in [0.15, 0.2) is 24.5 Å². The fourth-order valence-electron chi connectivity index (χ4n) is 2.81. The Morgan fingerprint density at radius 3 is 3.00 bits per heavy atom. The summed E-state index contributed by atoms with van der Waals surface area (Å²) in [5, 5.41) is 12.8. The van der Waals surface area contributed by atoms with Gasteiger partial charge in [0.05, 0.1) is 29.5 Å². The quantitative estimate of drug-likeness (QED) is 0.873. The Hall–Kier alpha value is -1.88. The number of carbonyl (C=O) groups is 1. The summed E-state index contributed by atoms with van der Waals surface area (Å²) in [7, 11) is 1.92. The predicted molar refractivity (Wildman–Crippen MR) is 76.4 cm³/mol. The minimum atomic E-state index is -0.425. The molecule has 0 radical (unpaired) electrons. The molecule has 2 unspecified atom stereocenters. The lowest BCUT2D eigenvalue weighted by Crippen LogP contribution is -2.45. The van der Waals surface area contributed by atoms with Gasteiger partial charge in [0.25, 0.3) is 5.91 Å². The fraction of sp³-hybridized carbons (Fsp3) is 0.467. The van der Waals surface area contributed by atoms with Crippen molar-refractivity contribution in [1.82, 2.24) is 14.9 Å². The molecule has 3 rings (SSSR count). The number of nitrogens with zero attached hydrogens (tertiary/aromatic N) is 2. The number of amides is 1. The molecule has 1 saturated carbocycles. The van der Waals surface area contributed by atoms with Crippen LogP contribution in [0.3, 0.4) is 0 Å². The van der Waals surface area contributed by atoms with Crippen molar-refractivity contribution in [3.8, 4) is 0 Å². The smallest absolute Gasteiger partial charge is 0.251 e. The molecule has 0 bridgehead atoms. The average molecular weight is 273 g/mol. The molecule has 1 heterocycles. The zero-order valence-electron chi connectivity index (χ0n) is 11.5. The van der Waals surface area contributed by atoms with Gasteiger partial charge in [-0.15, -0.1) is 0 Å². The molecular formula is C15H19N3O2. The molecule has 5 nitrogen and oxygen atoms in total. The predicted octanol–water partition coefficient (Wildman–Crippen LogP) is 1.61. The average Bonchev–Trinajstić information content (AvgIpc) is 2.82. The molecule has 1 aliphatic rings. The van der Waals surface area contributed by atoms with E-state index in [0.717, 1.165) is 36.7 Å². The summed E-state index contributed by atoms with van der Waals surface area (Å²) >= 11 is 0. The molecule has 2 aromatic rings. The number of hydrogen-bond donors (Lipinski definition) is 2. The molecule has 2 N–H and O–H groups in total. The summed E-state index contributed by atoms with van der Waals surface area (Å²) in [6, 6.07) is 5.36. The third-order valence-electron chi connectivity index (χ3n) is 4.03. The second-order valence-electron chi connectivity index (χ2n) is 5.49. The number of imidazole rings is 1. The van der Waals surface area contributed by atoms with Crippen molar-refractivity contribution in [2.24, 2.45) is 7.05 Å². The molecule has 1 fully saturated rings. The van der Waals surface area contributed by atoms with Gasteiger partial charge in [0.1, 0.15) is 0 Å². The normalized spacial score (nSPS) is 22.9. The van der Waals surface area contributed by atoms with Crippen LogP contribution in [0, 0.1) is 0 Å². The van der Waals surface area contributed by atoms with E-state index in [1.165, 1.54) is 0 Å². The van der Waals surface area contributed by atoms with E-state index in [2.05, 4.69) is 10.3 Å². The number of aliphatic hydroxyl groups is 1. The van der Waals surface area contributed by atoms with Gasteiger partial charge < -0.3 is 15.0 Å². The molecule has 1 amide bonds. The highest BCUT2D eigenvalue weighted by atomic mass is 16.3. The van der Waals surface area contributed by atoms with E-state index in [0.29, 0.717) is 5.56 Å². The van der Waals surface area contributed by atoms with Gasteiger partial charge >= 0.3 is 0 Å². The minimum Gasteiger partial charge on any atom is -0.391 e. The van der Waals surface area contributed by atoms with E-state index >= 15 is 0 Å². The molecule has 5 heteroatoms. The van der Waals surface area contributed by atoms with Gasteiger partial charge in [-0.2, -0.15) is 0 Å². The van der Waals surface area contributed by atoms with Crippen molar-refractivity contribution in [2.45, 2.75) is 37.8 Å². The fourth-order valence-corrected chi connectivity index (χ4v) is 2.81. The minimum absolute atomic E-state index is 0.129. The maximum Gasteiger partial charge on any atom is 0.251 e. The second-order valence-corrected chi connectivity index (χ2v) is 5.49. The van der Waals surface area contributed by atoms with E-state index in [4.69, 9.17) is 0 Å². The van der Waals surface area contributed by atoms with Gasteiger partial charge in [-0.1, -0.05) is 12.8 Å². The third-order valence-corrected chi connectivity index (χ3v) is 4.03. The van der Waals surface area contributed by atoms with Gasteiger partial charge in [0.15, 0.2) is 0 Å². The van der Waals surface area contributed by atoms with Crippen LogP contribution in [0.5, 0.6) is 0 Å². The van der Waals surface area contributed by atoms with E-state index in [-0.39, 0.29) is 11.9 Å². The molecule has 20 heavy (non-hydrogen) atoms. The molecule has 0 aliphatic heterocycles. The Balaban J connectivity index is 1.78. The number of carbonyl (C=O) groups excluding carboxylic acids is 1. The van der Waals surface area contributed by atoms with Gasteiger partial charge in [0, 0.05) is 12.6 Å². The molecule has 1 aromatic carbocycles. The summed E-state index contributed by atoms with van der Waals surface area (Å²) in [6.07, 6.45) is 5.01. The van der Waals surface area contributed by atoms with Crippen molar-refractivity contribution >= 4 is 16.9 Å². The standard InChI is InChI=1S/C15H19N3O2/c1-18-9-16-12-8-10(6-7-13(12)18)15(20)17-11-4-2-3-5-14(11)19/h6-9,11,14,19H,2-5H2,1H3,(H,17,20). The summed E-state index contributed by atoms with van der Waals surface area (Å²) in [5.41, 5.74) is 2.40. The van der Waals surface area contributed by atoms with Crippen LogP contribution in [0.1, 0.15) is 36.0 Å². The summed E-state index contributed by atoms with van der Waals surface area (Å²) in [6.45, 7) is 0. The van der Waals surface area contributed by atoms with Crippen LogP contribution in [0.4, 0.5) is 0 Å². The topological polar surface area (TPSA) is 67.2 Å². The zero-order valence-corrected chi connectivity index (χ0v) is 11.5. The van der Waals surface area contributed by atoms with E-state index in [9.17, 15) is 9.90 Å². The van der Waals surface area contributed by atoms with Gasteiger partial charge in [-0.25, -0.2) is 4.98 Å². The highest BCUT2D eigenvalue weighted by molar-refractivity contribution is 5.97. The highest BCUT2D eigenvalue weighted by Crippen LogP contribution is 2.19.